The van der Waals surface area contributed by atoms with Gasteiger partial charge in [0, 0.05) is 10.7 Å². The number of aromatic hydroxyl groups is 1. The van der Waals surface area contributed by atoms with Crippen LogP contribution in [0.15, 0.2) is 18.2 Å². The number of nitrogens with one attached hydrogen (secondary N) is 1. The molecule has 20 heavy (non-hydrogen) atoms. The molecule has 0 heterocycles. The zero-order valence-corrected chi connectivity index (χ0v) is 12.9. The number of phenolic OH excluding ortho intramolecular Hbond substituents is 1. The molecule has 0 aliphatic rings. The highest BCUT2D eigenvalue weighted by Gasteiger charge is 2.18. The third-order valence-corrected chi connectivity index (χ3v) is 3.04. The Balaban J connectivity index is 2.90. The van der Waals surface area contributed by atoms with E-state index in [1.54, 1.807) is 20.8 Å². The summed E-state index contributed by atoms with van der Waals surface area (Å²) in [5.74, 6) is -0.607. The van der Waals surface area contributed by atoms with E-state index < -0.39 is 26.5 Å². The summed E-state index contributed by atoms with van der Waals surface area (Å²) in [4.78, 5) is 11.6. The number of phenols is 1. The lowest BCUT2D eigenvalue weighted by Crippen LogP contribution is -2.27. The van der Waals surface area contributed by atoms with E-state index in [9.17, 15) is 18.3 Å². The SMILES string of the molecule is CC(C)(C)OC(=O)Nc1cc(CS(=O)(=O)Cl)ccc1O. The maximum Gasteiger partial charge on any atom is 0.412 e. The fraction of sp³-hybridized carbons (Fsp3) is 0.417. The molecule has 0 unspecified atom stereocenters. The van der Waals surface area contributed by atoms with Crippen LogP contribution in [0, 0.1) is 0 Å². The Morgan fingerprint density at radius 2 is 2.00 bits per heavy atom. The highest BCUT2D eigenvalue weighted by molar-refractivity contribution is 8.13. The number of benzene rings is 1. The Bertz CT molecular complexity index is 607. The summed E-state index contributed by atoms with van der Waals surface area (Å²) >= 11 is 0. The Morgan fingerprint density at radius 1 is 1.40 bits per heavy atom. The molecule has 1 aromatic carbocycles. The summed E-state index contributed by atoms with van der Waals surface area (Å²) in [6, 6.07) is 3.98. The molecule has 0 fully saturated rings. The van der Waals surface area contributed by atoms with E-state index in [2.05, 4.69) is 5.32 Å². The van der Waals surface area contributed by atoms with Gasteiger partial charge in [0.1, 0.15) is 11.4 Å². The molecule has 1 aromatic rings. The number of carbonyl (C=O) groups is 1. The summed E-state index contributed by atoms with van der Waals surface area (Å²) in [6.07, 6.45) is -0.751. The van der Waals surface area contributed by atoms with Crippen molar-refractivity contribution in [3.63, 3.8) is 0 Å². The first-order valence-electron chi connectivity index (χ1n) is 5.70. The van der Waals surface area contributed by atoms with Crippen molar-refractivity contribution in [3.8, 4) is 5.75 Å². The zero-order chi connectivity index (χ0) is 15.6. The van der Waals surface area contributed by atoms with E-state index in [0.29, 0.717) is 5.56 Å². The first kappa shape index (κ1) is 16.6. The van der Waals surface area contributed by atoms with Crippen molar-refractivity contribution in [2.45, 2.75) is 32.1 Å². The summed E-state index contributed by atoms with van der Waals surface area (Å²) < 4.78 is 27.0. The van der Waals surface area contributed by atoms with Crippen molar-refractivity contribution < 1.29 is 23.1 Å². The van der Waals surface area contributed by atoms with Crippen molar-refractivity contribution in [2.75, 3.05) is 5.32 Å². The zero-order valence-electron chi connectivity index (χ0n) is 11.3. The third-order valence-electron chi connectivity index (χ3n) is 2.04. The van der Waals surface area contributed by atoms with Gasteiger partial charge in [-0.25, -0.2) is 13.2 Å². The van der Waals surface area contributed by atoms with Crippen LogP contribution < -0.4 is 5.32 Å². The van der Waals surface area contributed by atoms with Gasteiger partial charge in [-0.05, 0) is 38.5 Å². The molecule has 1 rings (SSSR count). The maximum atomic E-state index is 11.6. The molecule has 112 valence electrons. The normalized spacial score (nSPS) is 12.0. The molecule has 0 aliphatic carbocycles. The van der Waals surface area contributed by atoms with E-state index in [0.717, 1.165) is 0 Å². The fourth-order valence-corrected chi connectivity index (χ4v) is 2.34. The van der Waals surface area contributed by atoms with Crippen molar-refractivity contribution in [3.05, 3.63) is 23.8 Å². The van der Waals surface area contributed by atoms with E-state index in [1.165, 1.54) is 18.2 Å². The maximum absolute atomic E-state index is 11.6. The summed E-state index contributed by atoms with van der Waals surface area (Å²) in [7, 11) is 1.43. The molecule has 0 aromatic heterocycles. The van der Waals surface area contributed by atoms with Crippen LogP contribution in [0.3, 0.4) is 0 Å². The van der Waals surface area contributed by atoms with Crippen LogP contribution in [-0.4, -0.2) is 25.2 Å². The number of hydrogen-bond donors (Lipinski definition) is 2. The van der Waals surface area contributed by atoms with Crippen LogP contribution in [0.1, 0.15) is 26.3 Å². The molecule has 0 spiro atoms. The van der Waals surface area contributed by atoms with Crippen LogP contribution in [-0.2, 0) is 19.5 Å². The minimum absolute atomic E-state index is 0.0528. The number of rotatable bonds is 3. The molecule has 0 saturated heterocycles. The lowest BCUT2D eigenvalue weighted by Gasteiger charge is -2.20. The smallest absolute Gasteiger partial charge is 0.412 e. The van der Waals surface area contributed by atoms with E-state index in [1.807, 2.05) is 0 Å². The van der Waals surface area contributed by atoms with Gasteiger partial charge in [0.2, 0.25) is 9.05 Å². The lowest BCUT2D eigenvalue weighted by molar-refractivity contribution is 0.0635. The Kier molecular flexibility index (Phi) is 4.88. The molecule has 0 atom stereocenters. The van der Waals surface area contributed by atoms with Gasteiger partial charge in [-0.3, -0.25) is 5.32 Å². The molecular weight excluding hydrogens is 306 g/mol. The van der Waals surface area contributed by atoms with Gasteiger partial charge >= 0.3 is 6.09 Å². The minimum atomic E-state index is -3.72. The largest absolute Gasteiger partial charge is 0.506 e. The molecule has 0 radical (unpaired) electrons. The average Bonchev–Trinajstić information content (AvgIpc) is 2.18. The molecule has 0 saturated carbocycles. The third kappa shape index (κ3) is 6.12. The van der Waals surface area contributed by atoms with Crippen LogP contribution in [0.5, 0.6) is 5.75 Å². The molecule has 0 aliphatic heterocycles. The standard InChI is InChI=1S/C12H16ClNO5S/c1-12(2,3)19-11(16)14-9-6-8(4-5-10(9)15)7-20(13,17)18/h4-6,15H,7H2,1-3H3,(H,14,16). The number of ether oxygens (including phenoxy) is 1. The van der Waals surface area contributed by atoms with Crippen molar-refractivity contribution in [2.24, 2.45) is 0 Å². The first-order valence-corrected chi connectivity index (χ1v) is 8.18. The van der Waals surface area contributed by atoms with Gasteiger partial charge < -0.3 is 9.84 Å². The number of anilines is 1. The van der Waals surface area contributed by atoms with Gasteiger partial charge in [0.05, 0.1) is 11.4 Å². The number of hydrogen-bond acceptors (Lipinski definition) is 5. The van der Waals surface area contributed by atoms with Crippen LogP contribution in [0.4, 0.5) is 10.5 Å². The Labute approximate surface area is 122 Å². The van der Waals surface area contributed by atoms with Gasteiger partial charge in [-0.1, -0.05) is 6.07 Å². The highest BCUT2D eigenvalue weighted by atomic mass is 35.7. The Hall–Kier alpha value is -1.47. The van der Waals surface area contributed by atoms with E-state index in [-0.39, 0.29) is 11.4 Å². The quantitative estimate of drug-likeness (QED) is 0.659. The van der Waals surface area contributed by atoms with Crippen LogP contribution in [0.25, 0.3) is 0 Å². The predicted molar refractivity (Wildman–Crippen MR) is 76.4 cm³/mol. The van der Waals surface area contributed by atoms with Gasteiger partial charge in [0.25, 0.3) is 0 Å². The first-order chi connectivity index (χ1) is 8.96. The second kappa shape index (κ2) is 5.88. The molecule has 8 heteroatoms. The summed E-state index contributed by atoms with van der Waals surface area (Å²) in [5, 5.41) is 12.0. The topological polar surface area (TPSA) is 92.7 Å². The molecule has 0 bridgehead atoms. The van der Waals surface area contributed by atoms with Crippen LogP contribution >= 0.6 is 10.7 Å². The number of halogens is 1. The van der Waals surface area contributed by atoms with E-state index in [4.69, 9.17) is 15.4 Å². The summed E-state index contributed by atoms with van der Waals surface area (Å²) in [5.41, 5.74) is -0.294. The number of amides is 1. The van der Waals surface area contributed by atoms with Crippen molar-refractivity contribution in [1.82, 2.24) is 0 Å². The molecular formula is C12H16ClNO5S. The van der Waals surface area contributed by atoms with Crippen molar-refractivity contribution in [1.29, 1.82) is 0 Å². The molecule has 6 nitrogen and oxygen atoms in total. The minimum Gasteiger partial charge on any atom is -0.506 e. The molecule has 2 N–H and O–H groups in total. The van der Waals surface area contributed by atoms with Crippen LogP contribution in [0.2, 0.25) is 0 Å². The van der Waals surface area contributed by atoms with E-state index >= 15 is 0 Å². The fourth-order valence-electron chi connectivity index (χ4n) is 1.39. The molecule has 1 amide bonds. The second-order valence-corrected chi connectivity index (χ2v) is 7.94. The van der Waals surface area contributed by atoms with Gasteiger partial charge in [-0.2, -0.15) is 0 Å². The lowest BCUT2D eigenvalue weighted by atomic mass is 10.2. The van der Waals surface area contributed by atoms with Gasteiger partial charge in [0.15, 0.2) is 0 Å². The number of carbonyl (C=O) groups excluding carboxylic acids is 1. The average molecular weight is 322 g/mol. The predicted octanol–water partition coefficient (Wildman–Crippen LogP) is 2.81. The Morgan fingerprint density at radius 3 is 2.50 bits per heavy atom. The van der Waals surface area contributed by atoms with Gasteiger partial charge in [-0.15, -0.1) is 0 Å². The van der Waals surface area contributed by atoms with Crippen molar-refractivity contribution >= 4 is 31.5 Å². The summed E-state index contributed by atoms with van der Waals surface area (Å²) in [6.45, 7) is 5.09. The second-order valence-electron chi connectivity index (χ2n) is 5.16. The highest BCUT2D eigenvalue weighted by Crippen LogP contribution is 2.26. The monoisotopic (exact) mass is 321 g/mol.